The molecule has 0 saturated carbocycles. The van der Waals surface area contributed by atoms with Gasteiger partial charge in [0.25, 0.3) is 0 Å². The predicted molar refractivity (Wildman–Crippen MR) is 187 cm³/mol. The summed E-state index contributed by atoms with van der Waals surface area (Å²) in [5, 5.41) is 3.76. The molecule has 7 nitrogen and oxygen atoms in total. The first-order valence-corrected chi connectivity index (χ1v) is 17.3. The van der Waals surface area contributed by atoms with Crippen molar-refractivity contribution in [2.75, 3.05) is 23.9 Å². The van der Waals surface area contributed by atoms with E-state index in [0.717, 1.165) is 33.7 Å². The first kappa shape index (κ1) is 30.2. The number of imidazole rings is 1. The molecule has 46 heavy (non-hydrogen) atoms. The molecule has 227 valence electrons. The van der Waals surface area contributed by atoms with Gasteiger partial charge < -0.3 is 24.8 Å². The first-order chi connectivity index (χ1) is 22.0. The van der Waals surface area contributed by atoms with Crippen LogP contribution < -0.4 is 30.7 Å². The van der Waals surface area contributed by atoms with Crippen LogP contribution >= 0.6 is 6.04 Å². The minimum Gasteiger partial charge on any atom is -0.433 e. The van der Waals surface area contributed by atoms with Crippen molar-refractivity contribution in [2.24, 2.45) is 0 Å². The van der Waals surface area contributed by atoms with Crippen molar-refractivity contribution in [1.29, 1.82) is 0 Å². The molecule has 2 aliphatic heterocycles. The van der Waals surface area contributed by atoms with E-state index in [1.807, 2.05) is 48.7 Å². The van der Waals surface area contributed by atoms with Gasteiger partial charge in [0.2, 0.25) is 0 Å². The normalized spacial score (nSPS) is 15.5. The van der Waals surface area contributed by atoms with E-state index in [4.69, 9.17) is 11.8 Å². The second-order valence-electron chi connectivity index (χ2n) is 10.8. The van der Waals surface area contributed by atoms with Crippen LogP contribution in [-0.2, 0) is 31.9 Å². The third-order valence-electron chi connectivity index (χ3n) is 8.22. The summed E-state index contributed by atoms with van der Waals surface area (Å²) >= 11 is 6.65. The fourth-order valence-corrected chi connectivity index (χ4v) is 11.0. The molecule has 9 rings (SSSR count). The number of para-hydroxylation sites is 4. The number of benzene rings is 4. The van der Waals surface area contributed by atoms with Gasteiger partial charge in [-0.25, -0.2) is 9.97 Å². The van der Waals surface area contributed by atoms with Crippen LogP contribution in [0.4, 0.5) is 22.7 Å². The second kappa shape index (κ2) is 12.0. The maximum atomic E-state index is 6.65. The number of nitrogens with zero attached hydrogens (tertiary/aromatic N) is 7. The van der Waals surface area contributed by atoms with E-state index in [0.29, 0.717) is 11.6 Å². The van der Waals surface area contributed by atoms with Crippen LogP contribution in [0.25, 0.3) is 33.9 Å². The standard InChI is InChI=1S/C25H19N3PS.C11H7N4.Ir/c1-27-19-10-3-5-12-23(19)29(30)24-13-6-4-11-20(24)28(2)22-16-17(15-21(27)25(22)29)18-9-7-8-14-26-18;1-2-5-9-8(4-1)14-11(15-9)10-12-6-3-7-13-10;/h3-15H,1-2H3;1-7H;/q2*-1;. The minimum absolute atomic E-state index is 0. The van der Waals surface area contributed by atoms with Gasteiger partial charge in [-0.05, 0) is 63.5 Å². The molecule has 0 aliphatic carbocycles. The van der Waals surface area contributed by atoms with Gasteiger partial charge in [0.15, 0.2) is 5.82 Å². The minimum atomic E-state index is -2.20. The molecule has 3 aromatic heterocycles. The monoisotopic (exact) mass is 812 g/mol. The molecule has 1 atom stereocenters. The van der Waals surface area contributed by atoms with Crippen LogP contribution in [0.5, 0.6) is 0 Å². The molecule has 0 amide bonds. The third-order valence-corrected chi connectivity index (χ3v) is 13.1. The Bertz CT molecular complexity index is 2150. The molecule has 0 N–H and O–H groups in total. The van der Waals surface area contributed by atoms with Gasteiger partial charge in [-0.15, -0.1) is 17.7 Å². The van der Waals surface area contributed by atoms with E-state index in [-0.39, 0.29) is 20.1 Å². The molecular formula is C36H26IrN7PS-2. The largest absolute Gasteiger partial charge is 0.433 e. The Morgan fingerprint density at radius 1 is 0.696 bits per heavy atom. The topological polar surface area (TPSA) is 72.1 Å². The van der Waals surface area contributed by atoms with Crippen LogP contribution in [0.1, 0.15) is 0 Å². The first-order valence-electron chi connectivity index (χ1n) is 14.5. The zero-order chi connectivity index (χ0) is 30.5. The Hall–Kier alpha value is -4.52. The van der Waals surface area contributed by atoms with Crippen molar-refractivity contribution < 1.29 is 20.1 Å². The van der Waals surface area contributed by atoms with Crippen molar-refractivity contribution in [2.45, 2.75) is 0 Å². The molecule has 1 unspecified atom stereocenters. The van der Waals surface area contributed by atoms with Gasteiger partial charge in [0.05, 0.1) is 0 Å². The smallest absolute Gasteiger partial charge is 0.150 e. The maximum Gasteiger partial charge on any atom is 0.150 e. The van der Waals surface area contributed by atoms with Crippen LogP contribution in [0.15, 0.2) is 122 Å². The Labute approximate surface area is 285 Å². The Morgan fingerprint density at radius 3 is 2.02 bits per heavy atom. The van der Waals surface area contributed by atoms with Crippen LogP contribution in [0.2, 0.25) is 0 Å². The Balaban J connectivity index is 0.000000178. The molecule has 2 aliphatic rings. The van der Waals surface area contributed by atoms with Gasteiger partial charge in [0, 0.05) is 80.8 Å². The van der Waals surface area contributed by atoms with Crippen LogP contribution in [0, 0.1) is 6.07 Å². The molecule has 0 fully saturated rings. The summed E-state index contributed by atoms with van der Waals surface area (Å²) in [4.78, 5) is 26.0. The number of pyridine rings is 1. The number of fused-ring (bicyclic) bond motifs is 5. The average Bonchev–Trinajstić information content (AvgIpc) is 3.55. The zero-order valence-electron chi connectivity index (χ0n) is 24.9. The second-order valence-corrected chi connectivity index (χ2v) is 15.1. The van der Waals surface area contributed by atoms with Crippen LogP contribution in [0.3, 0.4) is 0 Å². The molecular weight excluding hydrogens is 786 g/mol. The Morgan fingerprint density at radius 2 is 1.33 bits per heavy atom. The fraction of sp³-hybridized carbons (Fsp3) is 0.0556. The number of hydrogen-bond donors (Lipinski definition) is 0. The molecule has 0 saturated heterocycles. The number of hydrogen-bond acceptors (Lipinski definition) is 7. The van der Waals surface area contributed by atoms with E-state index in [2.05, 4.69) is 109 Å². The fourth-order valence-electron chi connectivity index (χ4n) is 6.09. The van der Waals surface area contributed by atoms with Gasteiger partial charge in [0.1, 0.15) is 0 Å². The SMILES string of the molecule is CN1c2[c-]c(-c3ccccn3)cc3c2P(=S)(c2ccccc21)c1ccccc1N3C.[Ir].c1cnc(-c2nc3ccccc3[n-]2)nc1. The van der Waals surface area contributed by atoms with Gasteiger partial charge in [-0.1, -0.05) is 84.6 Å². The Kier molecular flexibility index (Phi) is 7.87. The van der Waals surface area contributed by atoms with Gasteiger partial charge in [-0.3, -0.25) is 0 Å². The van der Waals surface area contributed by atoms with Crippen molar-refractivity contribution in [3.63, 3.8) is 0 Å². The van der Waals surface area contributed by atoms with Crippen LogP contribution in [-0.4, -0.2) is 34.0 Å². The van der Waals surface area contributed by atoms with Crippen molar-refractivity contribution in [3.05, 3.63) is 128 Å². The molecule has 1 radical (unpaired) electrons. The van der Waals surface area contributed by atoms with E-state index in [9.17, 15) is 0 Å². The number of rotatable bonds is 2. The van der Waals surface area contributed by atoms with Crippen molar-refractivity contribution in [1.82, 2.24) is 24.9 Å². The molecule has 10 heteroatoms. The van der Waals surface area contributed by atoms with Crippen molar-refractivity contribution >= 4 is 67.5 Å². The van der Waals surface area contributed by atoms with E-state index in [1.165, 1.54) is 27.3 Å². The van der Waals surface area contributed by atoms with Crippen molar-refractivity contribution in [3.8, 4) is 22.9 Å². The van der Waals surface area contributed by atoms with Gasteiger partial charge >= 0.3 is 0 Å². The predicted octanol–water partition coefficient (Wildman–Crippen LogP) is 6.11. The van der Waals surface area contributed by atoms with E-state index >= 15 is 0 Å². The zero-order valence-corrected chi connectivity index (χ0v) is 29.0. The third kappa shape index (κ3) is 4.79. The summed E-state index contributed by atoms with van der Waals surface area (Å²) in [6.07, 6.45) is 5.20. The average molecular weight is 812 g/mol. The molecule has 5 heterocycles. The molecule has 0 bridgehead atoms. The summed E-state index contributed by atoms with van der Waals surface area (Å²) in [5.41, 5.74) is 8.25. The summed E-state index contributed by atoms with van der Waals surface area (Å²) in [6.45, 7) is 0. The quantitative estimate of drug-likeness (QED) is 0.153. The summed E-state index contributed by atoms with van der Waals surface area (Å²) in [5.74, 6) is 1.14. The van der Waals surface area contributed by atoms with E-state index < -0.39 is 6.04 Å². The molecule has 0 spiro atoms. The molecule has 4 aromatic carbocycles. The summed E-state index contributed by atoms with van der Waals surface area (Å²) in [6, 6.07) is 36.4. The van der Waals surface area contributed by atoms with E-state index in [1.54, 1.807) is 18.5 Å². The maximum absolute atomic E-state index is 6.65. The number of anilines is 4. The summed E-state index contributed by atoms with van der Waals surface area (Å²) < 4.78 is 0. The van der Waals surface area contributed by atoms with Gasteiger partial charge in [-0.2, -0.15) is 0 Å². The molecule has 7 aromatic rings. The number of aromatic nitrogens is 5. The summed E-state index contributed by atoms with van der Waals surface area (Å²) in [7, 11) is 4.25.